The van der Waals surface area contributed by atoms with E-state index >= 15 is 0 Å². The normalized spacial score (nSPS) is 11.1. The summed E-state index contributed by atoms with van der Waals surface area (Å²) < 4.78 is 0. The monoisotopic (exact) mass is 256 g/mol. The Morgan fingerprint density at radius 3 is 1.83 bits per heavy atom. The van der Waals surface area contributed by atoms with Gasteiger partial charge in [-0.2, -0.15) is 0 Å². The van der Waals surface area contributed by atoms with Crippen LogP contribution >= 0.6 is 0 Å². The van der Waals surface area contributed by atoms with Crippen molar-refractivity contribution >= 4 is 5.97 Å². The van der Waals surface area contributed by atoms with Crippen molar-refractivity contribution in [2.45, 2.75) is 90.9 Å². The molecule has 0 spiro atoms. The first-order valence-electron chi connectivity index (χ1n) is 7.92. The predicted octanol–water partition coefficient (Wildman–Crippen LogP) is 5.41. The molecule has 0 aliphatic rings. The lowest BCUT2D eigenvalue weighted by atomic mass is 9.90. The van der Waals surface area contributed by atoms with Gasteiger partial charge in [-0.15, -0.1) is 0 Å². The summed E-state index contributed by atoms with van der Waals surface area (Å²) in [6, 6.07) is 0. The third kappa shape index (κ3) is 11.9. The lowest BCUT2D eigenvalue weighted by Crippen LogP contribution is -2.01. The van der Waals surface area contributed by atoms with Crippen LogP contribution in [0.4, 0.5) is 0 Å². The fourth-order valence-electron chi connectivity index (χ4n) is 2.48. The van der Waals surface area contributed by atoms with Crippen LogP contribution in [-0.2, 0) is 4.79 Å². The number of aliphatic carboxylic acids is 1. The largest absolute Gasteiger partial charge is 0.481 e. The molecule has 18 heavy (non-hydrogen) atoms. The van der Waals surface area contributed by atoms with Crippen molar-refractivity contribution in [1.82, 2.24) is 0 Å². The van der Waals surface area contributed by atoms with Crippen LogP contribution < -0.4 is 0 Å². The van der Waals surface area contributed by atoms with Gasteiger partial charge in [-0.05, 0) is 12.3 Å². The fraction of sp³-hybridized carbons (Fsp3) is 0.938. The van der Waals surface area contributed by atoms with E-state index in [-0.39, 0.29) is 0 Å². The maximum Gasteiger partial charge on any atom is 0.303 e. The second-order valence-electron chi connectivity index (χ2n) is 5.50. The molecule has 0 aliphatic heterocycles. The molecule has 0 amide bonds. The van der Waals surface area contributed by atoms with Crippen molar-refractivity contribution in [3.63, 3.8) is 0 Å². The molecular weight excluding hydrogens is 224 g/mol. The second kappa shape index (κ2) is 12.9. The van der Waals surface area contributed by atoms with Crippen LogP contribution in [0.1, 0.15) is 90.9 Å². The lowest BCUT2D eigenvalue weighted by Gasteiger charge is -2.16. The summed E-state index contributed by atoms with van der Waals surface area (Å²) in [7, 11) is 0. The van der Waals surface area contributed by atoms with E-state index in [4.69, 9.17) is 5.11 Å². The van der Waals surface area contributed by atoms with Gasteiger partial charge in [0.25, 0.3) is 0 Å². The summed E-state index contributed by atoms with van der Waals surface area (Å²) in [6.07, 6.45) is 14.3. The second-order valence-corrected chi connectivity index (χ2v) is 5.50. The lowest BCUT2D eigenvalue weighted by molar-refractivity contribution is -0.137. The molecule has 0 aromatic heterocycles. The summed E-state index contributed by atoms with van der Waals surface area (Å²) in [5.41, 5.74) is 0. The number of rotatable bonds is 13. The molecule has 0 radical (unpaired) electrons. The predicted molar refractivity (Wildman–Crippen MR) is 77.9 cm³/mol. The first kappa shape index (κ1) is 17.5. The van der Waals surface area contributed by atoms with Gasteiger partial charge in [-0.3, -0.25) is 4.79 Å². The van der Waals surface area contributed by atoms with Gasteiger partial charge in [-0.25, -0.2) is 0 Å². The first-order valence-corrected chi connectivity index (χ1v) is 7.92. The van der Waals surface area contributed by atoms with E-state index in [1.807, 2.05) is 0 Å². The smallest absolute Gasteiger partial charge is 0.303 e. The number of carboxylic acid groups (broad SMARTS) is 1. The van der Waals surface area contributed by atoms with Gasteiger partial charge in [0.15, 0.2) is 0 Å². The van der Waals surface area contributed by atoms with Crippen molar-refractivity contribution < 1.29 is 9.90 Å². The number of hydrogen-bond donors (Lipinski definition) is 1. The molecule has 2 nitrogen and oxygen atoms in total. The summed E-state index contributed by atoms with van der Waals surface area (Å²) in [6.45, 7) is 4.53. The Morgan fingerprint density at radius 1 is 0.833 bits per heavy atom. The van der Waals surface area contributed by atoms with Gasteiger partial charge >= 0.3 is 5.97 Å². The summed E-state index contributed by atoms with van der Waals surface area (Å²) in [5.74, 6) is 0.267. The zero-order valence-corrected chi connectivity index (χ0v) is 12.4. The standard InChI is InChI=1S/C16H32O2/c1-3-5-11-15(12-6-4-2)13-9-7-8-10-14-16(17)18/h15H,3-14H2,1-2H3,(H,17,18). The fourth-order valence-corrected chi connectivity index (χ4v) is 2.48. The summed E-state index contributed by atoms with van der Waals surface area (Å²) in [4.78, 5) is 10.4. The van der Waals surface area contributed by atoms with E-state index in [1.54, 1.807) is 0 Å². The minimum absolute atomic E-state index is 0.342. The first-order chi connectivity index (χ1) is 8.70. The minimum Gasteiger partial charge on any atom is -0.481 e. The molecule has 0 atom stereocenters. The Balaban J connectivity index is 3.51. The molecule has 0 fully saturated rings. The molecule has 0 heterocycles. The van der Waals surface area contributed by atoms with Gasteiger partial charge in [-0.1, -0.05) is 78.1 Å². The average Bonchev–Trinajstić information content (AvgIpc) is 2.35. The van der Waals surface area contributed by atoms with Crippen LogP contribution in [-0.4, -0.2) is 11.1 Å². The van der Waals surface area contributed by atoms with Crippen molar-refractivity contribution in [2.24, 2.45) is 5.92 Å². The van der Waals surface area contributed by atoms with Gasteiger partial charge < -0.3 is 5.11 Å². The highest BCUT2D eigenvalue weighted by atomic mass is 16.4. The van der Waals surface area contributed by atoms with E-state index in [2.05, 4.69) is 13.8 Å². The van der Waals surface area contributed by atoms with E-state index in [9.17, 15) is 4.79 Å². The van der Waals surface area contributed by atoms with Crippen LogP contribution in [0.2, 0.25) is 0 Å². The molecule has 108 valence electrons. The number of carboxylic acids is 1. The highest BCUT2D eigenvalue weighted by Crippen LogP contribution is 2.22. The van der Waals surface area contributed by atoms with Crippen LogP contribution in [0.15, 0.2) is 0 Å². The number of unbranched alkanes of at least 4 members (excludes halogenated alkanes) is 5. The third-order valence-corrected chi connectivity index (χ3v) is 3.68. The quantitative estimate of drug-likeness (QED) is 0.447. The zero-order chi connectivity index (χ0) is 13.6. The number of carbonyl (C=O) groups is 1. The zero-order valence-electron chi connectivity index (χ0n) is 12.4. The molecule has 0 saturated heterocycles. The van der Waals surface area contributed by atoms with Crippen LogP contribution in [0.5, 0.6) is 0 Å². The van der Waals surface area contributed by atoms with E-state index in [0.29, 0.717) is 6.42 Å². The van der Waals surface area contributed by atoms with Gasteiger partial charge in [0.2, 0.25) is 0 Å². The van der Waals surface area contributed by atoms with E-state index < -0.39 is 5.97 Å². The maximum absolute atomic E-state index is 10.4. The molecule has 1 N–H and O–H groups in total. The van der Waals surface area contributed by atoms with Crippen LogP contribution in [0.3, 0.4) is 0 Å². The van der Waals surface area contributed by atoms with Crippen LogP contribution in [0.25, 0.3) is 0 Å². The molecular formula is C16H32O2. The SMILES string of the molecule is CCCCC(CCCC)CCCCCCC(=O)O. The molecule has 0 unspecified atom stereocenters. The Bertz CT molecular complexity index is 182. The molecule has 0 bridgehead atoms. The van der Waals surface area contributed by atoms with Crippen LogP contribution in [0, 0.1) is 5.92 Å². The van der Waals surface area contributed by atoms with E-state index in [1.165, 1.54) is 57.8 Å². The molecule has 0 rings (SSSR count). The van der Waals surface area contributed by atoms with Crippen molar-refractivity contribution in [3.05, 3.63) is 0 Å². The van der Waals surface area contributed by atoms with Gasteiger partial charge in [0.1, 0.15) is 0 Å². The van der Waals surface area contributed by atoms with Crippen molar-refractivity contribution in [2.75, 3.05) is 0 Å². The Labute approximate surface area is 113 Å². The van der Waals surface area contributed by atoms with Gasteiger partial charge in [0.05, 0.1) is 0 Å². The topological polar surface area (TPSA) is 37.3 Å². The molecule has 0 aromatic rings. The minimum atomic E-state index is -0.654. The Kier molecular flexibility index (Phi) is 12.5. The molecule has 0 aliphatic carbocycles. The van der Waals surface area contributed by atoms with Crippen molar-refractivity contribution in [3.8, 4) is 0 Å². The Hall–Kier alpha value is -0.530. The summed E-state index contributed by atoms with van der Waals surface area (Å²) in [5, 5.41) is 8.55. The highest BCUT2D eigenvalue weighted by molar-refractivity contribution is 5.66. The van der Waals surface area contributed by atoms with E-state index in [0.717, 1.165) is 18.8 Å². The van der Waals surface area contributed by atoms with Gasteiger partial charge in [0, 0.05) is 6.42 Å². The maximum atomic E-state index is 10.4. The summed E-state index contributed by atoms with van der Waals surface area (Å²) >= 11 is 0. The Morgan fingerprint density at radius 2 is 1.33 bits per heavy atom. The highest BCUT2D eigenvalue weighted by Gasteiger charge is 2.07. The molecule has 0 aromatic carbocycles. The van der Waals surface area contributed by atoms with Crippen molar-refractivity contribution in [1.29, 1.82) is 0 Å². The third-order valence-electron chi connectivity index (χ3n) is 3.68. The number of hydrogen-bond acceptors (Lipinski definition) is 1. The average molecular weight is 256 g/mol. The molecule has 2 heteroatoms. The molecule has 0 saturated carbocycles.